The van der Waals surface area contributed by atoms with Gasteiger partial charge in [0.05, 0.1) is 0 Å². The molecule has 6 heteroatoms. The molecular formula is C25H31FN4O. The van der Waals surface area contributed by atoms with E-state index in [2.05, 4.69) is 15.6 Å². The van der Waals surface area contributed by atoms with Gasteiger partial charge in [0.15, 0.2) is 5.96 Å². The summed E-state index contributed by atoms with van der Waals surface area (Å²) in [5.74, 6) is 0.680. The van der Waals surface area contributed by atoms with Gasteiger partial charge in [-0.2, -0.15) is 0 Å². The van der Waals surface area contributed by atoms with E-state index in [4.69, 9.17) is 0 Å². The summed E-state index contributed by atoms with van der Waals surface area (Å²) >= 11 is 0. The third-order valence-corrected chi connectivity index (χ3v) is 6.42. The largest absolute Gasteiger partial charge is 0.356 e. The Morgan fingerprint density at radius 2 is 1.74 bits per heavy atom. The molecule has 1 aliphatic heterocycles. The van der Waals surface area contributed by atoms with Gasteiger partial charge in [0.1, 0.15) is 5.82 Å². The van der Waals surface area contributed by atoms with Crippen LogP contribution >= 0.6 is 0 Å². The Morgan fingerprint density at radius 3 is 2.39 bits per heavy atom. The number of likely N-dealkylation sites (tertiary alicyclic amines) is 1. The minimum absolute atomic E-state index is 0.125. The van der Waals surface area contributed by atoms with E-state index in [-0.39, 0.29) is 17.1 Å². The van der Waals surface area contributed by atoms with Gasteiger partial charge in [-0.25, -0.2) is 4.39 Å². The molecule has 1 aliphatic carbocycles. The molecule has 0 spiro atoms. The number of carbonyl (C=O) groups excluding carboxylic acids is 1. The molecule has 2 aliphatic rings. The predicted octanol–water partition coefficient (Wildman–Crippen LogP) is 3.85. The first-order valence-electron chi connectivity index (χ1n) is 11.2. The Kier molecular flexibility index (Phi) is 6.54. The summed E-state index contributed by atoms with van der Waals surface area (Å²) < 4.78 is 14.2. The van der Waals surface area contributed by atoms with Gasteiger partial charge in [0, 0.05) is 44.2 Å². The SMILES string of the molecule is CN=C(NCc1ccc(C(=O)N2CCCCC2)cc1)NCC1(c2ccccc2F)CC1. The predicted molar refractivity (Wildman–Crippen MR) is 122 cm³/mol. The van der Waals surface area contributed by atoms with Crippen LogP contribution < -0.4 is 10.6 Å². The van der Waals surface area contributed by atoms with E-state index in [1.54, 1.807) is 13.1 Å². The minimum Gasteiger partial charge on any atom is -0.356 e. The van der Waals surface area contributed by atoms with E-state index in [0.717, 1.165) is 55.5 Å². The molecule has 1 saturated heterocycles. The van der Waals surface area contributed by atoms with Gasteiger partial charge in [-0.1, -0.05) is 30.3 Å². The van der Waals surface area contributed by atoms with Crippen LogP contribution in [-0.2, 0) is 12.0 Å². The highest BCUT2D eigenvalue weighted by molar-refractivity contribution is 5.94. The molecule has 0 aromatic heterocycles. The molecule has 2 fully saturated rings. The van der Waals surface area contributed by atoms with Crippen molar-refractivity contribution in [1.82, 2.24) is 15.5 Å². The van der Waals surface area contributed by atoms with Crippen molar-refractivity contribution in [2.24, 2.45) is 4.99 Å². The zero-order chi connectivity index (χ0) is 21.7. The number of benzene rings is 2. The Balaban J connectivity index is 1.29. The number of guanidine groups is 1. The van der Waals surface area contributed by atoms with Gasteiger partial charge in [-0.3, -0.25) is 9.79 Å². The van der Waals surface area contributed by atoms with Gasteiger partial charge < -0.3 is 15.5 Å². The molecular weight excluding hydrogens is 391 g/mol. The smallest absolute Gasteiger partial charge is 0.253 e. The van der Waals surface area contributed by atoms with E-state index < -0.39 is 0 Å². The van der Waals surface area contributed by atoms with E-state index in [1.807, 2.05) is 41.3 Å². The molecule has 2 N–H and O–H groups in total. The van der Waals surface area contributed by atoms with Crippen molar-refractivity contribution < 1.29 is 9.18 Å². The summed E-state index contributed by atoms with van der Waals surface area (Å²) in [6, 6.07) is 14.8. The van der Waals surface area contributed by atoms with Gasteiger partial charge in [0.25, 0.3) is 5.91 Å². The highest BCUT2D eigenvalue weighted by atomic mass is 19.1. The highest BCUT2D eigenvalue weighted by Crippen LogP contribution is 2.48. The number of nitrogens with one attached hydrogen (secondary N) is 2. The number of hydrogen-bond acceptors (Lipinski definition) is 2. The van der Waals surface area contributed by atoms with Crippen LogP contribution in [0, 0.1) is 5.82 Å². The number of hydrogen-bond donors (Lipinski definition) is 2. The average Bonchev–Trinajstić information content (AvgIpc) is 3.61. The van der Waals surface area contributed by atoms with Crippen LogP contribution in [0.2, 0.25) is 0 Å². The van der Waals surface area contributed by atoms with Crippen LogP contribution in [0.25, 0.3) is 0 Å². The third kappa shape index (κ3) is 5.06. The molecule has 2 aromatic carbocycles. The number of aliphatic imine (C=N–C) groups is 1. The molecule has 1 heterocycles. The van der Waals surface area contributed by atoms with Crippen LogP contribution in [0.15, 0.2) is 53.5 Å². The molecule has 5 nitrogen and oxygen atoms in total. The second kappa shape index (κ2) is 9.50. The number of nitrogens with zero attached hydrogens (tertiary/aromatic N) is 2. The van der Waals surface area contributed by atoms with E-state index in [0.29, 0.717) is 19.0 Å². The monoisotopic (exact) mass is 422 g/mol. The number of halogens is 1. The minimum atomic E-state index is -0.139. The summed E-state index contributed by atoms with van der Waals surface area (Å²) in [4.78, 5) is 18.9. The molecule has 4 rings (SSSR count). The van der Waals surface area contributed by atoms with Crippen LogP contribution in [-0.4, -0.2) is 43.4 Å². The summed E-state index contributed by atoms with van der Waals surface area (Å²) in [6.07, 6.45) is 5.36. The van der Waals surface area contributed by atoms with Crippen molar-refractivity contribution >= 4 is 11.9 Å². The Bertz CT molecular complexity index is 931. The normalized spacial score (nSPS) is 17.9. The lowest BCUT2D eigenvalue weighted by Gasteiger charge is -2.26. The zero-order valence-corrected chi connectivity index (χ0v) is 18.2. The van der Waals surface area contributed by atoms with Crippen molar-refractivity contribution in [1.29, 1.82) is 0 Å². The van der Waals surface area contributed by atoms with Gasteiger partial charge in [-0.05, 0) is 61.4 Å². The number of carbonyl (C=O) groups is 1. The Morgan fingerprint density at radius 1 is 1.03 bits per heavy atom. The van der Waals surface area contributed by atoms with Crippen molar-refractivity contribution in [3.8, 4) is 0 Å². The van der Waals surface area contributed by atoms with Crippen molar-refractivity contribution in [2.75, 3.05) is 26.7 Å². The number of amides is 1. The molecule has 2 aromatic rings. The second-order valence-electron chi connectivity index (χ2n) is 8.59. The molecule has 1 saturated carbocycles. The first-order chi connectivity index (χ1) is 15.1. The van der Waals surface area contributed by atoms with Gasteiger partial charge >= 0.3 is 0 Å². The van der Waals surface area contributed by atoms with Gasteiger partial charge in [-0.15, -0.1) is 0 Å². The standard InChI is InChI=1S/C25H31FN4O/c1-27-24(29-18-25(13-14-25)21-7-3-4-8-22(21)26)28-17-19-9-11-20(12-10-19)23(31)30-15-5-2-6-16-30/h3-4,7-12H,2,5-6,13-18H2,1H3,(H2,27,28,29). The van der Waals surface area contributed by atoms with Crippen molar-refractivity contribution in [3.63, 3.8) is 0 Å². The van der Waals surface area contributed by atoms with Crippen molar-refractivity contribution in [2.45, 2.75) is 44.1 Å². The quantitative estimate of drug-likeness (QED) is 0.549. The first-order valence-corrected chi connectivity index (χ1v) is 11.2. The molecule has 0 unspecified atom stereocenters. The lowest BCUT2D eigenvalue weighted by atomic mass is 9.95. The second-order valence-corrected chi connectivity index (χ2v) is 8.59. The summed E-state index contributed by atoms with van der Waals surface area (Å²) in [5.41, 5.74) is 2.47. The third-order valence-electron chi connectivity index (χ3n) is 6.42. The maximum Gasteiger partial charge on any atom is 0.253 e. The zero-order valence-electron chi connectivity index (χ0n) is 18.2. The average molecular weight is 423 g/mol. The molecule has 0 atom stereocenters. The van der Waals surface area contributed by atoms with Crippen LogP contribution in [0.3, 0.4) is 0 Å². The lowest BCUT2D eigenvalue weighted by Crippen LogP contribution is -2.41. The fourth-order valence-electron chi connectivity index (χ4n) is 4.29. The summed E-state index contributed by atoms with van der Waals surface area (Å²) in [6.45, 7) is 2.97. The summed E-state index contributed by atoms with van der Waals surface area (Å²) in [7, 11) is 1.73. The van der Waals surface area contributed by atoms with E-state index >= 15 is 0 Å². The van der Waals surface area contributed by atoms with Crippen LogP contribution in [0.4, 0.5) is 4.39 Å². The molecule has 0 radical (unpaired) electrons. The fourth-order valence-corrected chi connectivity index (χ4v) is 4.29. The van der Waals surface area contributed by atoms with Crippen LogP contribution in [0.5, 0.6) is 0 Å². The van der Waals surface area contributed by atoms with Gasteiger partial charge in [0.2, 0.25) is 0 Å². The highest BCUT2D eigenvalue weighted by Gasteiger charge is 2.45. The lowest BCUT2D eigenvalue weighted by molar-refractivity contribution is 0.0724. The van der Waals surface area contributed by atoms with E-state index in [1.165, 1.54) is 12.5 Å². The van der Waals surface area contributed by atoms with Crippen molar-refractivity contribution in [3.05, 3.63) is 71.0 Å². The maximum atomic E-state index is 14.2. The summed E-state index contributed by atoms with van der Waals surface area (Å²) in [5, 5.41) is 6.67. The Labute approximate surface area is 183 Å². The first kappa shape index (κ1) is 21.3. The molecule has 0 bridgehead atoms. The molecule has 31 heavy (non-hydrogen) atoms. The Hall–Kier alpha value is -2.89. The van der Waals surface area contributed by atoms with Crippen LogP contribution in [0.1, 0.15) is 53.6 Å². The maximum absolute atomic E-state index is 14.2. The number of rotatable bonds is 6. The molecule has 164 valence electrons. The fraction of sp³-hybridized carbons (Fsp3) is 0.440. The number of piperidine rings is 1. The molecule has 1 amide bonds. The topological polar surface area (TPSA) is 56.7 Å². The van der Waals surface area contributed by atoms with E-state index in [9.17, 15) is 9.18 Å².